The third-order valence-electron chi connectivity index (χ3n) is 4.08. The second kappa shape index (κ2) is 12.8. The number of hydrogen-bond acceptors (Lipinski definition) is 7. The van der Waals surface area contributed by atoms with Crippen LogP contribution in [0, 0.1) is 0 Å². The molecular formula is C23H32N4O4S. The largest absolute Gasteiger partial charge is 0.550 e. The maximum atomic E-state index is 8.89. The van der Waals surface area contributed by atoms with Gasteiger partial charge in [-0.15, -0.1) is 0 Å². The van der Waals surface area contributed by atoms with Gasteiger partial charge in [-0.25, -0.2) is 4.57 Å². The number of quaternary nitrogens is 1. The van der Waals surface area contributed by atoms with E-state index in [-0.39, 0.29) is 0 Å². The number of benzene rings is 1. The average molecular weight is 461 g/mol. The highest BCUT2D eigenvalue weighted by molar-refractivity contribution is 8.03. The third-order valence-corrected chi connectivity index (χ3v) is 5.25. The van der Waals surface area contributed by atoms with Crippen molar-refractivity contribution in [2.24, 2.45) is 0 Å². The molecule has 9 heteroatoms. The Hall–Kier alpha value is -2.91. The van der Waals surface area contributed by atoms with Crippen LogP contribution in [-0.4, -0.2) is 56.1 Å². The lowest BCUT2D eigenvalue weighted by Gasteiger charge is -2.23. The maximum Gasteiger partial charge on any atom is 0.286 e. The number of aromatic nitrogens is 2. The van der Waals surface area contributed by atoms with Gasteiger partial charge in [-0.1, -0.05) is 23.9 Å². The molecule has 8 nitrogen and oxygen atoms in total. The number of nitrogens with zero attached hydrogens (tertiary/aromatic N) is 4. The fraction of sp³-hybridized carbons (Fsp3) is 0.391. The van der Waals surface area contributed by atoms with Crippen molar-refractivity contribution >= 4 is 35.5 Å². The molecular weight excluding hydrogens is 428 g/mol. The summed E-state index contributed by atoms with van der Waals surface area (Å²) in [5, 5.41) is 19.0. The Bertz CT molecular complexity index is 904. The standard InChI is InChI=1S/C19H26N4S.2C2H4O2/c1-21-17-8-5-6-9-18(17)24-19(21)14-16-10-12-22(15-20-16)11-7-13-23(2,3)4;2*1-2(3)4/h5-6,8-10,12,14-15H,7,11,13H2,1-4H3;2*1H3,(H,3,4)/q+2;;/p-2. The van der Waals surface area contributed by atoms with Crippen LogP contribution in [0.3, 0.4) is 0 Å². The second-order valence-electron chi connectivity index (χ2n) is 8.19. The Labute approximate surface area is 194 Å². The van der Waals surface area contributed by atoms with Crippen molar-refractivity contribution in [3.05, 3.63) is 53.6 Å². The molecule has 0 saturated carbocycles. The average Bonchev–Trinajstić information content (AvgIpc) is 2.97. The van der Waals surface area contributed by atoms with E-state index in [9.17, 15) is 0 Å². The highest BCUT2D eigenvalue weighted by atomic mass is 32.2. The van der Waals surface area contributed by atoms with Crippen molar-refractivity contribution in [2.75, 3.05) is 39.6 Å². The summed E-state index contributed by atoms with van der Waals surface area (Å²) in [6.45, 7) is 4.12. The number of carboxylic acid groups (broad SMARTS) is 2. The molecule has 0 fully saturated rings. The van der Waals surface area contributed by atoms with Gasteiger partial charge in [0.2, 0.25) is 0 Å². The molecule has 0 N–H and O–H groups in total. The van der Waals surface area contributed by atoms with E-state index >= 15 is 0 Å². The molecule has 0 atom stereocenters. The molecule has 3 rings (SSSR count). The highest BCUT2D eigenvalue weighted by Gasteiger charge is 2.21. The number of rotatable bonds is 5. The quantitative estimate of drug-likeness (QED) is 0.474. The van der Waals surface area contributed by atoms with Gasteiger partial charge < -0.3 is 29.2 Å². The van der Waals surface area contributed by atoms with Gasteiger partial charge in [0.15, 0.2) is 5.69 Å². The first-order chi connectivity index (χ1) is 14.9. The van der Waals surface area contributed by atoms with Crippen molar-refractivity contribution in [1.29, 1.82) is 0 Å². The summed E-state index contributed by atoms with van der Waals surface area (Å²) in [7, 11) is 8.79. The number of carbonyl (C=O) groups excluding carboxylic acids is 2. The third kappa shape index (κ3) is 10.9. The molecule has 0 aliphatic carbocycles. The van der Waals surface area contributed by atoms with Crippen LogP contribution < -0.4 is 19.7 Å². The molecule has 174 valence electrons. The van der Waals surface area contributed by atoms with Crippen molar-refractivity contribution < 1.29 is 28.9 Å². The van der Waals surface area contributed by atoms with Gasteiger partial charge in [-0.05, 0) is 31.0 Å². The lowest BCUT2D eigenvalue weighted by Crippen LogP contribution is -2.40. The van der Waals surface area contributed by atoms with E-state index in [1.165, 1.54) is 22.2 Å². The van der Waals surface area contributed by atoms with Crippen LogP contribution in [0.1, 0.15) is 26.0 Å². The summed E-state index contributed by atoms with van der Waals surface area (Å²) in [4.78, 5) is 25.9. The molecule has 1 aliphatic heterocycles. The molecule has 0 unspecified atom stereocenters. The van der Waals surface area contributed by atoms with E-state index in [1.54, 1.807) is 11.8 Å². The first kappa shape index (κ1) is 27.1. The lowest BCUT2D eigenvalue weighted by molar-refractivity contribution is -0.873. The Morgan fingerprint density at radius 2 is 1.72 bits per heavy atom. The molecule has 0 amide bonds. The van der Waals surface area contributed by atoms with Crippen LogP contribution in [0.25, 0.3) is 6.08 Å². The zero-order chi connectivity index (χ0) is 24.3. The molecule has 32 heavy (non-hydrogen) atoms. The molecule has 0 spiro atoms. The monoisotopic (exact) mass is 460 g/mol. The zero-order valence-electron chi connectivity index (χ0n) is 19.6. The Kier molecular flexibility index (Phi) is 10.9. The van der Waals surface area contributed by atoms with Gasteiger partial charge in [0, 0.05) is 42.4 Å². The summed E-state index contributed by atoms with van der Waals surface area (Å²) in [6, 6.07) is 10.6. The smallest absolute Gasteiger partial charge is 0.286 e. The number of carboxylic acids is 2. The lowest BCUT2D eigenvalue weighted by atomic mass is 10.3. The fourth-order valence-electron chi connectivity index (χ4n) is 2.71. The van der Waals surface area contributed by atoms with Gasteiger partial charge in [-0.3, -0.25) is 0 Å². The number of fused-ring (bicyclic) bond motifs is 1. The van der Waals surface area contributed by atoms with Crippen molar-refractivity contribution in [2.45, 2.75) is 31.7 Å². The number of anilines is 1. The predicted octanol–water partition coefficient (Wildman–Crippen LogP) is 0.518. The molecule has 1 aromatic carbocycles. The van der Waals surface area contributed by atoms with Crippen molar-refractivity contribution in [1.82, 2.24) is 4.98 Å². The topological polar surface area (TPSA) is 100 Å². The SMILES string of the molecule is CC(=O)[O-].CC(=O)[O-].CN1C(=Cc2cc[n+](CCC[N+](C)(C)C)cn2)Sc2ccccc21. The Morgan fingerprint density at radius 3 is 2.22 bits per heavy atom. The van der Waals surface area contributed by atoms with Gasteiger partial charge in [0.1, 0.15) is 0 Å². The van der Waals surface area contributed by atoms with Gasteiger partial charge in [0.05, 0.1) is 51.1 Å². The normalized spacial score (nSPS) is 13.4. The Morgan fingerprint density at radius 1 is 1.12 bits per heavy atom. The minimum atomic E-state index is -1.08. The zero-order valence-corrected chi connectivity index (χ0v) is 20.4. The van der Waals surface area contributed by atoms with E-state index in [1.807, 2.05) is 6.33 Å². The van der Waals surface area contributed by atoms with E-state index < -0.39 is 11.9 Å². The second-order valence-corrected chi connectivity index (χ2v) is 9.25. The van der Waals surface area contributed by atoms with E-state index in [2.05, 4.69) is 85.2 Å². The van der Waals surface area contributed by atoms with Crippen molar-refractivity contribution in [3.63, 3.8) is 0 Å². The summed E-state index contributed by atoms with van der Waals surface area (Å²) in [5.74, 6) is -2.17. The molecule has 0 radical (unpaired) electrons. The highest BCUT2D eigenvalue weighted by Crippen LogP contribution is 2.45. The van der Waals surface area contributed by atoms with E-state index in [0.29, 0.717) is 0 Å². The van der Waals surface area contributed by atoms with E-state index in [0.717, 1.165) is 37.0 Å². The van der Waals surface area contributed by atoms with Crippen LogP contribution in [0.4, 0.5) is 5.69 Å². The number of hydrogen-bond donors (Lipinski definition) is 0. The fourth-order valence-corrected chi connectivity index (χ4v) is 3.81. The van der Waals surface area contributed by atoms with Crippen LogP contribution in [0.2, 0.25) is 0 Å². The summed E-state index contributed by atoms with van der Waals surface area (Å²) in [6.07, 6.45) is 7.38. The minimum Gasteiger partial charge on any atom is -0.550 e. The van der Waals surface area contributed by atoms with Crippen LogP contribution in [0.5, 0.6) is 0 Å². The number of aliphatic carboxylic acids is 2. The predicted molar refractivity (Wildman–Crippen MR) is 122 cm³/mol. The maximum absolute atomic E-state index is 8.89. The molecule has 1 aliphatic rings. The minimum absolute atomic E-state index is 0.972. The molecule has 2 aromatic rings. The molecule has 0 bridgehead atoms. The van der Waals surface area contributed by atoms with E-state index in [4.69, 9.17) is 19.8 Å². The number of thioether (sulfide) groups is 1. The number of aryl methyl sites for hydroxylation is 1. The van der Waals surface area contributed by atoms with Crippen LogP contribution in [0.15, 0.2) is 52.8 Å². The van der Waals surface area contributed by atoms with Gasteiger partial charge in [-0.2, -0.15) is 0 Å². The first-order valence-corrected chi connectivity index (χ1v) is 10.9. The Balaban J connectivity index is 0.000000554. The molecule has 0 saturated heterocycles. The number of carbonyl (C=O) groups is 2. The summed E-state index contributed by atoms with van der Waals surface area (Å²) >= 11 is 1.80. The summed E-state index contributed by atoms with van der Waals surface area (Å²) < 4.78 is 3.17. The number of para-hydroxylation sites is 1. The van der Waals surface area contributed by atoms with Crippen LogP contribution in [-0.2, 0) is 16.1 Å². The van der Waals surface area contributed by atoms with Gasteiger partial charge in [0.25, 0.3) is 6.33 Å². The summed E-state index contributed by atoms with van der Waals surface area (Å²) in [5.41, 5.74) is 2.26. The molecule has 1 aromatic heterocycles. The van der Waals surface area contributed by atoms with Gasteiger partial charge >= 0.3 is 0 Å². The van der Waals surface area contributed by atoms with Crippen LogP contribution >= 0.6 is 11.8 Å². The van der Waals surface area contributed by atoms with Crippen molar-refractivity contribution in [3.8, 4) is 0 Å². The first-order valence-electron chi connectivity index (χ1n) is 10.1. The molecule has 2 heterocycles.